The molecular weight excluding hydrogens is 283 g/mol. The van der Waals surface area contributed by atoms with Crippen LogP contribution in [0.15, 0.2) is 29.6 Å². The lowest BCUT2D eigenvalue weighted by molar-refractivity contribution is 0.0607. The van der Waals surface area contributed by atoms with Gasteiger partial charge < -0.3 is 15.8 Å². The van der Waals surface area contributed by atoms with Crippen molar-refractivity contribution in [1.29, 1.82) is 0 Å². The van der Waals surface area contributed by atoms with Crippen LogP contribution in [0.2, 0.25) is 0 Å². The van der Waals surface area contributed by atoms with Crippen LogP contribution in [0.1, 0.15) is 20.0 Å². The van der Waals surface area contributed by atoms with Gasteiger partial charge in [-0.3, -0.25) is 4.79 Å². The molecule has 0 aliphatic carbocycles. The highest BCUT2D eigenvalue weighted by atomic mass is 32.1. The molecule has 2 aromatic rings. The standard InChI is InChI=1S/C13H11FN2O3S/c1-19-13(18)11-10(4-5-20-11)16-12(17)8-6-7(15)2-3-9(8)14/h2-6H,15H2,1H3,(H,16,17). The molecule has 0 aliphatic rings. The monoisotopic (exact) mass is 294 g/mol. The largest absolute Gasteiger partial charge is 0.465 e. The van der Waals surface area contributed by atoms with Crippen LogP contribution in [-0.4, -0.2) is 19.0 Å². The first-order valence-corrected chi connectivity index (χ1v) is 6.43. The molecule has 1 amide bonds. The highest BCUT2D eigenvalue weighted by Gasteiger charge is 2.18. The second-order valence-electron chi connectivity index (χ2n) is 3.85. The van der Waals surface area contributed by atoms with Crippen molar-refractivity contribution in [2.75, 3.05) is 18.2 Å². The maximum Gasteiger partial charge on any atom is 0.350 e. The second-order valence-corrected chi connectivity index (χ2v) is 4.76. The fourth-order valence-corrected chi connectivity index (χ4v) is 2.33. The van der Waals surface area contributed by atoms with Crippen molar-refractivity contribution in [2.24, 2.45) is 0 Å². The molecular formula is C13H11FN2O3S. The lowest BCUT2D eigenvalue weighted by atomic mass is 10.1. The van der Waals surface area contributed by atoms with Gasteiger partial charge in [0.1, 0.15) is 10.7 Å². The zero-order valence-corrected chi connectivity index (χ0v) is 11.3. The number of ether oxygens (including phenoxy) is 1. The number of hydrogen-bond acceptors (Lipinski definition) is 5. The van der Waals surface area contributed by atoms with E-state index in [9.17, 15) is 14.0 Å². The van der Waals surface area contributed by atoms with Gasteiger partial charge in [0.15, 0.2) is 0 Å². The number of esters is 1. The Morgan fingerprint density at radius 2 is 2.10 bits per heavy atom. The Hall–Kier alpha value is -2.41. The van der Waals surface area contributed by atoms with E-state index in [1.807, 2.05) is 0 Å². The Morgan fingerprint density at radius 1 is 1.35 bits per heavy atom. The van der Waals surface area contributed by atoms with Crippen molar-refractivity contribution in [3.8, 4) is 0 Å². The van der Waals surface area contributed by atoms with Crippen molar-refractivity contribution in [1.82, 2.24) is 0 Å². The SMILES string of the molecule is COC(=O)c1sccc1NC(=O)c1cc(N)ccc1F. The van der Waals surface area contributed by atoms with Crippen LogP contribution in [0.25, 0.3) is 0 Å². The van der Waals surface area contributed by atoms with Crippen LogP contribution in [-0.2, 0) is 4.74 Å². The number of methoxy groups -OCH3 is 1. The smallest absolute Gasteiger partial charge is 0.350 e. The van der Waals surface area contributed by atoms with Gasteiger partial charge in [-0.05, 0) is 29.6 Å². The summed E-state index contributed by atoms with van der Waals surface area (Å²) in [6, 6.07) is 5.24. The van der Waals surface area contributed by atoms with E-state index in [0.29, 0.717) is 0 Å². The third kappa shape index (κ3) is 2.77. The van der Waals surface area contributed by atoms with E-state index in [1.54, 1.807) is 11.4 Å². The number of nitrogens with one attached hydrogen (secondary N) is 1. The summed E-state index contributed by atoms with van der Waals surface area (Å²) in [5.41, 5.74) is 5.88. The van der Waals surface area contributed by atoms with Crippen molar-refractivity contribution in [2.45, 2.75) is 0 Å². The van der Waals surface area contributed by atoms with E-state index >= 15 is 0 Å². The number of thiophene rings is 1. The molecule has 0 unspecified atom stereocenters. The first kappa shape index (κ1) is 14.0. The molecule has 5 nitrogen and oxygen atoms in total. The summed E-state index contributed by atoms with van der Waals surface area (Å²) in [6.07, 6.45) is 0. The molecule has 20 heavy (non-hydrogen) atoms. The second kappa shape index (κ2) is 5.70. The van der Waals surface area contributed by atoms with E-state index in [-0.39, 0.29) is 21.8 Å². The van der Waals surface area contributed by atoms with Crippen molar-refractivity contribution in [3.05, 3.63) is 45.9 Å². The van der Waals surface area contributed by atoms with Gasteiger partial charge in [0, 0.05) is 5.69 Å². The van der Waals surface area contributed by atoms with Crippen LogP contribution in [0, 0.1) is 5.82 Å². The van der Waals surface area contributed by atoms with E-state index in [4.69, 9.17) is 5.73 Å². The summed E-state index contributed by atoms with van der Waals surface area (Å²) in [5.74, 6) is -1.94. The van der Waals surface area contributed by atoms with Gasteiger partial charge in [-0.15, -0.1) is 11.3 Å². The van der Waals surface area contributed by atoms with Gasteiger partial charge in [-0.25, -0.2) is 9.18 Å². The lowest BCUT2D eigenvalue weighted by Gasteiger charge is -2.07. The average Bonchev–Trinajstić information content (AvgIpc) is 2.88. The van der Waals surface area contributed by atoms with Gasteiger partial charge >= 0.3 is 5.97 Å². The summed E-state index contributed by atoms with van der Waals surface area (Å²) < 4.78 is 18.2. The zero-order valence-electron chi connectivity index (χ0n) is 10.5. The summed E-state index contributed by atoms with van der Waals surface area (Å²) in [6.45, 7) is 0. The lowest BCUT2D eigenvalue weighted by Crippen LogP contribution is -2.15. The van der Waals surface area contributed by atoms with Gasteiger partial charge in [0.05, 0.1) is 18.4 Å². The number of benzene rings is 1. The summed E-state index contributed by atoms with van der Waals surface area (Å²) in [5, 5.41) is 4.09. The molecule has 2 rings (SSSR count). The fourth-order valence-electron chi connectivity index (χ4n) is 1.57. The number of nitrogen functional groups attached to an aromatic ring is 1. The van der Waals surface area contributed by atoms with Crippen LogP contribution >= 0.6 is 11.3 Å². The molecule has 3 N–H and O–H groups in total. The molecule has 1 aromatic heterocycles. The predicted octanol–water partition coefficient (Wildman–Crippen LogP) is 2.51. The van der Waals surface area contributed by atoms with E-state index < -0.39 is 17.7 Å². The highest BCUT2D eigenvalue weighted by molar-refractivity contribution is 7.12. The zero-order chi connectivity index (χ0) is 14.7. The minimum absolute atomic E-state index is 0.188. The molecule has 0 spiro atoms. The molecule has 0 saturated heterocycles. The minimum atomic E-state index is -0.688. The first-order chi connectivity index (χ1) is 9.52. The quantitative estimate of drug-likeness (QED) is 0.673. The third-order valence-corrected chi connectivity index (χ3v) is 3.41. The van der Waals surface area contributed by atoms with E-state index in [1.165, 1.54) is 19.2 Å². The van der Waals surface area contributed by atoms with Crippen LogP contribution < -0.4 is 11.1 Å². The molecule has 1 aromatic carbocycles. The Kier molecular flexibility index (Phi) is 3.99. The van der Waals surface area contributed by atoms with Crippen molar-refractivity contribution in [3.63, 3.8) is 0 Å². The van der Waals surface area contributed by atoms with Gasteiger partial charge in [0.25, 0.3) is 5.91 Å². The molecule has 104 valence electrons. The molecule has 7 heteroatoms. The summed E-state index contributed by atoms with van der Waals surface area (Å²) in [7, 11) is 1.24. The number of amides is 1. The number of rotatable bonds is 3. The number of nitrogens with two attached hydrogens (primary N) is 1. The third-order valence-electron chi connectivity index (χ3n) is 2.52. The molecule has 0 bridgehead atoms. The fraction of sp³-hybridized carbons (Fsp3) is 0.0769. The number of carbonyl (C=O) groups is 2. The summed E-state index contributed by atoms with van der Waals surface area (Å²) in [4.78, 5) is 23.7. The van der Waals surface area contributed by atoms with E-state index in [2.05, 4.69) is 10.1 Å². The van der Waals surface area contributed by atoms with E-state index in [0.717, 1.165) is 17.4 Å². The molecule has 0 atom stereocenters. The van der Waals surface area contributed by atoms with Crippen LogP contribution in [0.4, 0.5) is 15.8 Å². The normalized spacial score (nSPS) is 10.1. The molecule has 0 radical (unpaired) electrons. The Labute approximate surface area is 118 Å². The number of hydrogen-bond donors (Lipinski definition) is 2. The van der Waals surface area contributed by atoms with Crippen LogP contribution in [0.5, 0.6) is 0 Å². The average molecular weight is 294 g/mol. The Morgan fingerprint density at radius 3 is 2.80 bits per heavy atom. The maximum absolute atomic E-state index is 13.6. The highest BCUT2D eigenvalue weighted by Crippen LogP contribution is 2.24. The van der Waals surface area contributed by atoms with Gasteiger partial charge in [-0.2, -0.15) is 0 Å². The van der Waals surface area contributed by atoms with Crippen molar-refractivity contribution < 1.29 is 18.7 Å². The number of carbonyl (C=O) groups excluding carboxylic acids is 2. The molecule has 0 aliphatic heterocycles. The van der Waals surface area contributed by atoms with Gasteiger partial charge in [0.2, 0.25) is 0 Å². The minimum Gasteiger partial charge on any atom is -0.465 e. The predicted molar refractivity (Wildman–Crippen MR) is 74.4 cm³/mol. The number of anilines is 2. The molecule has 1 heterocycles. The summed E-state index contributed by atoms with van der Waals surface area (Å²) >= 11 is 1.12. The maximum atomic E-state index is 13.6. The Balaban J connectivity index is 2.26. The van der Waals surface area contributed by atoms with Crippen molar-refractivity contribution >= 4 is 34.6 Å². The first-order valence-electron chi connectivity index (χ1n) is 5.55. The molecule has 0 saturated carbocycles. The van der Waals surface area contributed by atoms with Gasteiger partial charge in [-0.1, -0.05) is 0 Å². The van der Waals surface area contributed by atoms with Crippen LogP contribution in [0.3, 0.4) is 0 Å². The number of halogens is 1. The Bertz CT molecular complexity index is 669. The molecule has 0 fully saturated rings. The topological polar surface area (TPSA) is 81.4 Å².